The Balaban J connectivity index is 1.65. The summed E-state index contributed by atoms with van der Waals surface area (Å²) in [6.07, 6.45) is 6.60. The van der Waals surface area contributed by atoms with Gasteiger partial charge in [0.1, 0.15) is 0 Å². The van der Waals surface area contributed by atoms with E-state index in [0.29, 0.717) is 5.89 Å². The van der Waals surface area contributed by atoms with E-state index in [-0.39, 0.29) is 6.04 Å². The third-order valence-electron chi connectivity index (χ3n) is 4.66. The van der Waals surface area contributed by atoms with Crippen LogP contribution >= 0.6 is 11.3 Å². The van der Waals surface area contributed by atoms with Crippen molar-refractivity contribution in [1.29, 1.82) is 0 Å². The molecule has 0 N–H and O–H groups in total. The number of thiophene rings is 1. The summed E-state index contributed by atoms with van der Waals surface area (Å²) >= 11 is 1.64. The van der Waals surface area contributed by atoms with E-state index in [9.17, 15) is 0 Å². The van der Waals surface area contributed by atoms with Crippen molar-refractivity contribution in [3.05, 3.63) is 23.4 Å². The maximum absolute atomic E-state index is 5.90. The van der Waals surface area contributed by atoms with Crippen LogP contribution < -0.4 is 0 Å². The molecule has 2 atom stereocenters. The maximum atomic E-state index is 5.90. The van der Waals surface area contributed by atoms with Crippen LogP contribution in [0.3, 0.4) is 0 Å². The molecule has 5 heteroatoms. The molecule has 0 aliphatic carbocycles. The van der Waals surface area contributed by atoms with Gasteiger partial charge in [0.05, 0.1) is 10.9 Å². The van der Waals surface area contributed by atoms with Crippen LogP contribution in [0.15, 0.2) is 21.9 Å². The summed E-state index contributed by atoms with van der Waals surface area (Å²) < 4.78 is 5.90. The first kappa shape index (κ1) is 15.7. The molecule has 120 valence electrons. The highest BCUT2D eigenvalue weighted by Crippen LogP contribution is 2.29. The molecule has 4 nitrogen and oxygen atoms in total. The van der Waals surface area contributed by atoms with Crippen LogP contribution in [0.25, 0.3) is 10.8 Å². The molecule has 0 radical (unpaired) electrons. The second-order valence-electron chi connectivity index (χ2n) is 6.22. The Morgan fingerprint density at radius 1 is 1.36 bits per heavy atom. The van der Waals surface area contributed by atoms with Crippen molar-refractivity contribution < 1.29 is 4.42 Å². The largest absolute Gasteiger partial charge is 0.418 e. The Hall–Kier alpha value is -1.20. The van der Waals surface area contributed by atoms with Crippen LogP contribution in [-0.2, 0) is 0 Å². The lowest BCUT2D eigenvalue weighted by Crippen LogP contribution is -2.28. The van der Waals surface area contributed by atoms with E-state index in [1.54, 1.807) is 11.3 Å². The summed E-state index contributed by atoms with van der Waals surface area (Å²) in [6, 6.07) is 4.24. The van der Waals surface area contributed by atoms with E-state index in [2.05, 4.69) is 28.9 Å². The molecule has 2 aromatic rings. The maximum Gasteiger partial charge on any atom is 0.257 e. The summed E-state index contributed by atoms with van der Waals surface area (Å²) in [5.74, 6) is 2.29. The minimum atomic E-state index is 0.210. The van der Waals surface area contributed by atoms with E-state index >= 15 is 0 Å². The van der Waals surface area contributed by atoms with E-state index < -0.39 is 0 Å². The SMILES string of the molecule is CCCC1CCCN(C(C)c2nnc(-c3cccs3)o2)CC1. The molecular weight excluding hydrogens is 294 g/mol. The zero-order chi connectivity index (χ0) is 15.4. The Morgan fingerprint density at radius 3 is 3.05 bits per heavy atom. The molecule has 22 heavy (non-hydrogen) atoms. The highest BCUT2D eigenvalue weighted by atomic mass is 32.1. The molecule has 0 saturated carbocycles. The molecule has 1 fully saturated rings. The average molecular weight is 319 g/mol. The van der Waals surface area contributed by atoms with Gasteiger partial charge in [-0.15, -0.1) is 21.5 Å². The Bertz CT molecular complexity index is 566. The number of likely N-dealkylation sites (tertiary alicyclic amines) is 1. The van der Waals surface area contributed by atoms with Crippen molar-refractivity contribution in [2.75, 3.05) is 13.1 Å². The summed E-state index contributed by atoms with van der Waals surface area (Å²) in [7, 11) is 0. The van der Waals surface area contributed by atoms with E-state index in [0.717, 1.165) is 29.8 Å². The molecule has 3 heterocycles. The van der Waals surface area contributed by atoms with Crippen LogP contribution in [0.2, 0.25) is 0 Å². The van der Waals surface area contributed by atoms with Gasteiger partial charge in [0, 0.05) is 0 Å². The number of hydrogen-bond acceptors (Lipinski definition) is 5. The molecule has 1 aliphatic heterocycles. The predicted molar refractivity (Wildman–Crippen MR) is 89.8 cm³/mol. The molecule has 1 aliphatic rings. The summed E-state index contributed by atoms with van der Waals surface area (Å²) in [5.41, 5.74) is 0. The number of rotatable bonds is 5. The van der Waals surface area contributed by atoms with Crippen molar-refractivity contribution in [3.63, 3.8) is 0 Å². The monoisotopic (exact) mass is 319 g/mol. The first-order valence-corrected chi connectivity index (χ1v) is 9.27. The van der Waals surface area contributed by atoms with Crippen molar-refractivity contribution in [3.8, 4) is 10.8 Å². The standard InChI is InChI=1S/C17H25N3OS/c1-3-6-14-7-4-10-20(11-9-14)13(2)16-18-19-17(21-16)15-8-5-12-22-15/h5,8,12-14H,3-4,6-7,9-11H2,1-2H3. The molecule has 0 amide bonds. The molecule has 0 bridgehead atoms. The lowest BCUT2D eigenvalue weighted by molar-refractivity contribution is 0.188. The molecule has 0 aromatic carbocycles. The predicted octanol–water partition coefficient (Wildman–Crippen LogP) is 4.76. The number of aromatic nitrogens is 2. The second-order valence-corrected chi connectivity index (χ2v) is 7.17. The van der Waals surface area contributed by atoms with Gasteiger partial charge in [-0.1, -0.05) is 25.8 Å². The normalized spacial score (nSPS) is 21.6. The van der Waals surface area contributed by atoms with Crippen LogP contribution in [0.1, 0.15) is 57.9 Å². The zero-order valence-corrected chi connectivity index (χ0v) is 14.3. The first-order valence-electron chi connectivity index (χ1n) is 8.39. The van der Waals surface area contributed by atoms with Crippen LogP contribution in [0.4, 0.5) is 0 Å². The lowest BCUT2D eigenvalue weighted by atomic mass is 9.96. The minimum absolute atomic E-state index is 0.210. The van der Waals surface area contributed by atoms with Crippen molar-refractivity contribution in [2.45, 2.75) is 52.0 Å². The Labute approximate surface area is 136 Å². The summed E-state index contributed by atoms with van der Waals surface area (Å²) in [5, 5.41) is 10.5. The van der Waals surface area contributed by atoms with Gasteiger partial charge in [0.2, 0.25) is 5.89 Å². The lowest BCUT2D eigenvalue weighted by Gasteiger charge is -2.24. The van der Waals surface area contributed by atoms with Gasteiger partial charge >= 0.3 is 0 Å². The quantitative estimate of drug-likeness (QED) is 0.796. The zero-order valence-electron chi connectivity index (χ0n) is 13.5. The van der Waals surface area contributed by atoms with Gasteiger partial charge in [-0.3, -0.25) is 4.90 Å². The molecule has 0 spiro atoms. The fourth-order valence-corrected chi connectivity index (χ4v) is 3.98. The topological polar surface area (TPSA) is 42.2 Å². The first-order chi connectivity index (χ1) is 10.8. The third kappa shape index (κ3) is 3.58. The van der Waals surface area contributed by atoms with Crippen LogP contribution in [-0.4, -0.2) is 28.2 Å². The number of nitrogens with zero attached hydrogens (tertiary/aromatic N) is 3. The van der Waals surface area contributed by atoms with Gasteiger partial charge in [0.25, 0.3) is 5.89 Å². The fourth-order valence-electron chi connectivity index (χ4n) is 3.33. The number of hydrogen-bond donors (Lipinski definition) is 0. The van der Waals surface area contributed by atoms with E-state index in [4.69, 9.17) is 4.42 Å². The molecule has 2 aromatic heterocycles. The Kier molecular flexibility index (Phi) is 5.26. The van der Waals surface area contributed by atoms with Crippen LogP contribution in [0.5, 0.6) is 0 Å². The van der Waals surface area contributed by atoms with Gasteiger partial charge in [-0.2, -0.15) is 0 Å². The van der Waals surface area contributed by atoms with Gasteiger partial charge in [-0.05, 0) is 56.6 Å². The van der Waals surface area contributed by atoms with Crippen molar-refractivity contribution >= 4 is 11.3 Å². The van der Waals surface area contributed by atoms with Crippen molar-refractivity contribution in [1.82, 2.24) is 15.1 Å². The van der Waals surface area contributed by atoms with Gasteiger partial charge in [0.15, 0.2) is 0 Å². The highest BCUT2D eigenvalue weighted by Gasteiger charge is 2.25. The molecule has 1 saturated heterocycles. The van der Waals surface area contributed by atoms with Gasteiger partial charge in [-0.25, -0.2) is 0 Å². The summed E-state index contributed by atoms with van der Waals surface area (Å²) in [4.78, 5) is 3.55. The third-order valence-corrected chi connectivity index (χ3v) is 5.51. The average Bonchev–Trinajstić information content (AvgIpc) is 3.16. The fraction of sp³-hybridized carbons (Fsp3) is 0.647. The molecular formula is C17H25N3OS. The Morgan fingerprint density at radius 2 is 2.27 bits per heavy atom. The van der Waals surface area contributed by atoms with E-state index in [1.165, 1.54) is 32.1 Å². The van der Waals surface area contributed by atoms with Gasteiger partial charge < -0.3 is 4.42 Å². The minimum Gasteiger partial charge on any atom is -0.418 e. The molecule has 3 rings (SSSR count). The second kappa shape index (κ2) is 7.38. The smallest absolute Gasteiger partial charge is 0.257 e. The summed E-state index contributed by atoms with van der Waals surface area (Å²) in [6.45, 7) is 6.75. The highest BCUT2D eigenvalue weighted by molar-refractivity contribution is 7.13. The molecule has 2 unspecified atom stereocenters. The van der Waals surface area contributed by atoms with E-state index in [1.807, 2.05) is 17.5 Å². The van der Waals surface area contributed by atoms with Crippen LogP contribution in [0, 0.1) is 5.92 Å². The van der Waals surface area contributed by atoms with Crippen molar-refractivity contribution in [2.24, 2.45) is 5.92 Å².